The first-order valence-corrected chi connectivity index (χ1v) is 8.27. The second-order valence-electron chi connectivity index (χ2n) is 5.40. The van der Waals surface area contributed by atoms with Crippen molar-refractivity contribution >= 4 is 15.7 Å². The fourth-order valence-electron chi connectivity index (χ4n) is 2.36. The maximum Gasteiger partial charge on any atom is 0.416 e. The van der Waals surface area contributed by atoms with Gasteiger partial charge >= 0.3 is 6.18 Å². The van der Waals surface area contributed by atoms with E-state index in [0.717, 1.165) is 41.0 Å². The van der Waals surface area contributed by atoms with Crippen LogP contribution in [0.4, 0.5) is 18.9 Å². The van der Waals surface area contributed by atoms with Crippen LogP contribution >= 0.6 is 0 Å². The van der Waals surface area contributed by atoms with Crippen molar-refractivity contribution in [3.05, 3.63) is 58.7 Å². The van der Waals surface area contributed by atoms with Gasteiger partial charge in [0.2, 0.25) is 0 Å². The molecule has 0 aromatic heterocycles. The second-order valence-corrected chi connectivity index (χ2v) is 7.08. The summed E-state index contributed by atoms with van der Waals surface area (Å²) in [5, 5.41) is 0. The molecule has 0 saturated carbocycles. The van der Waals surface area contributed by atoms with Crippen molar-refractivity contribution in [3.8, 4) is 0 Å². The van der Waals surface area contributed by atoms with Crippen LogP contribution in [0.5, 0.6) is 0 Å². The number of nitrogens with one attached hydrogen (secondary N) is 1. The zero-order chi connectivity index (χ0) is 17.4. The van der Waals surface area contributed by atoms with Crippen molar-refractivity contribution in [1.29, 1.82) is 0 Å². The van der Waals surface area contributed by atoms with Crippen LogP contribution in [0.1, 0.15) is 22.3 Å². The van der Waals surface area contributed by atoms with E-state index in [1.54, 1.807) is 13.8 Å². The van der Waals surface area contributed by atoms with Crippen LogP contribution in [0.15, 0.2) is 41.3 Å². The lowest BCUT2D eigenvalue weighted by atomic mass is 10.1. The van der Waals surface area contributed by atoms with Gasteiger partial charge in [0.1, 0.15) is 0 Å². The number of aryl methyl sites for hydroxylation is 3. The summed E-state index contributed by atoms with van der Waals surface area (Å²) in [5.74, 6) is 0. The van der Waals surface area contributed by atoms with Gasteiger partial charge in [-0.1, -0.05) is 17.7 Å². The second kappa shape index (κ2) is 5.88. The zero-order valence-corrected chi connectivity index (χ0v) is 13.6. The van der Waals surface area contributed by atoms with Gasteiger partial charge < -0.3 is 0 Å². The molecule has 1 N–H and O–H groups in total. The van der Waals surface area contributed by atoms with Crippen molar-refractivity contribution in [2.45, 2.75) is 31.8 Å². The van der Waals surface area contributed by atoms with Crippen LogP contribution in [0.3, 0.4) is 0 Å². The quantitative estimate of drug-likeness (QED) is 0.896. The Morgan fingerprint density at radius 1 is 0.913 bits per heavy atom. The van der Waals surface area contributed by atoms with Crippen molar-refractivity contribution in [1.82, 2.24) is 0 Å². The van der Waals surface area contributed by atoms with Gasteiger partial charge in [-0.05, 0) is 56.2 Å². The molecule has 0 heterocycles. The minimum absolute atomic E-state index is 0.218. The Kier molecular flexibility index (Phi) is 4.43. The van der Waals surface area contributed by atoms with E-state index < -0.39 is 21.8 Å². The highest BCUT2D eigenvalue weighted by Gasteiger charge is 2.30. The number of alkyl halides is 3. The lowest BCUT2D eigenvalue weighted by Crippen LogP contribution is -2.15. The molecule has 0 radical (unpaired) electrons. The monoisotopic (exact) mass is 343 g/mol. The van der Waals surface area contributed by atoms with Crippen molar-refractivity contribution in [2.24, 2.45) is 0 Å². The Morgan fingerprint density at radius 3 is 1.83 bits per heavy atom. The van der Waals surface area contributed by atoms with Crippen LogP contribution in [0, 0.1) is 20.8 Å². The molecule has 0 unspecified atom stereocenters. The first-order valence-electron chi connectivity index (χ1n) is 6.78. The van der Waals surface area contributed by atoms with Gasteiger partial charge in [-0.15, -0.1) is 0 Å². The van der Waals surface area contributed by atoms with Crippen LogP contribution < -0.4 is 4.72 Å². The lowest BCUT2D eigenvalue weighted by Gasteiger charge is -2.15. The highest BCUT2D eigenvalue weighted by atomic mass is 32.2. The van der Waals surface area contributed by atoms with Gasteiger partial charge in [-0.2, -0.15) is 13.2 Å². The molecule has 2 aromatic carbocycles. The van der Waals surface area contributed by atoms with Crippen molar-refractivity contribution in [2.75, 3.05) is 4.72 Å². The molecule has 0 saturated heterocycles. The molecule has 2 aromatic rings. The van der Waals surface area contributed by atoms with Gasteiger partial charge in [0.25, 0.3) is 10.0 Å². The highest BCUT2D eigenvalue weighted by Crippen LogP contribution is 2.30. The number of anilines is 1. The highest BCUT2D eigenvalue weighted by molar-refractivity contribution is 7.92. The Labute approximate surface area is 133 Å². The predicted molar refractivity (Wildman–Crippen MR) is 82.9 cm³/mol. The van der Waals surface area contributed by atoms with E-state index in [2.05, 4.69) is 4.72 Å². The Hall–Kier alpha value is -2.02. The molecule has 0 atom stereocenters. The van der Waals surface area contributed by atoms with E-state index in [0.29, 0.717) is 5.69 Å². The SMILES string of the molecule is Cc1cc(C)c(NS(=O)(=O)c2ccc(C(F)(F)F)cc2)c(C)c1. The van der Waals surface area contributed by atoms with E-state index in [1.807, 2.05) is 19.1 Å². The number of hydrogen-bond donors (Lipinski definition) is 1. The van der Waals surface area contributed by atoms with Gasteiger partial charge in [0.15, 0.2) is 0 Å². The molecule has 2 rings (SSSR count). The molecule has 0 fully saturated rings. The smallest absolute Gasteiger partial charge is 0.279 e. The standard InChI is InChI=1S/C16H16F3NO2S/c1-10-8-11(2)15(12(3)9-10)20-23(21,22)14-6-4-13(5-7-14)16(17,18)19/h4-9,20H,1-3H3. The first-order chi connectivity index (χ1) is 10.5. The first kappa shape index (κ1) is 17.3. The average Bonchev–Trinajstić information content (AvgIpc) is 2.42. The van der Waals surface area contributed by atoms with E-state index in [9.17, 15) is 21.6 Å². The molecule has 3 nitrogen and oxygen atoms in total. The van der Waals surface area contributed by atoms with Crippen LogP contribution in [-0.4, -0.2) is 8.42 Å². The number of rotatable bonds is 3. The summed E-state index contributed by atoms with van der Waals surface area (Å²) in [6, 6.07) is 7.07. The number of sulfonamides is 1. The predicted octanol–water partition coefficient (Wildman–Crippen LogP) is 4.43. The zero-order valence-electron chi connectivity index (χ0n) is 12.8. The summed E-state index contributed by atoms with van der Waals surface area (Å²) in [7, 11) is -3.95. The summed E-state index contributed by atoms with van der Waals surface area (Å²) in [4.78, 5) is -0.218. The Balaban J connectivity index is 2.37. The van der Waals surface area contributed by atoms with Gasteiger partial charge in [0.05, 0.1) is 16.1 Å². The molecule has 7 heteroatoms. The normalized spacial score (nSPS) is 12.3. The maximum atomic E-state index is 12.5. The third-order valence-corrected chi connectivity index (χ3v) is 4.77. The third kappa shape index (κ3) is 3.85. The third-order valence-electron chi connectivity index (χ3n) is 3.41. The largest absolute Gasteiger partial charge is 0.416 e. The van der Waals surface area contributed by atoms with Gasteiger partial charge in [-0.3, -0.25) is 4.72 Å². The summed E-state index contributed by atoms with van der Waals surface area (Å²) in [6.45, 7) is 5.43. The fraction of sp³-hybridized carbons (Fsp3) is 0.250. The number of hydrogen-bond acceptors (Lipinski definition) is 2. The summed E-state index contributed by atoms with van der Waals surface area (Å²) in [6.07, 6.45) is -4.50. The summed E-state index contributed by atoms with van der Waals surface area (Å²) >= 11 is 0. The Morgan fingerprint density at radius 2 is 1.39 bits per heavy atom. The molecule has 0 bridgehead atoms. The summed E-state index contributed by atoms with van der Waals surface area (Å²) < 4.78 is 64.8. The lowest BCUT2D eigenvalue weighted by molar-refractivity contribution is -0.137. The molecule has 0 amide bonds. The topological polar surface area (TPSA) is 46.2 Å². The minimum atomic E-state index is -4.50. The summed E-state index contributed by atoms with van der Waals surface area (Å²) in [5.41, 5.74) is 2.04. The maximum absolute atomic E-state index is 12.5. The van der Waals surface area contributed by atoms with E-state index in [4.69, 9.17) is 0 Å². The average molecular weight is 343 g/mol. The molecule has 0 spiro atoms. The van der Waals surface area contributed by atoms with Crippen molar-refractivity contribution < 1.29 is 21.6 Å². The van der Waals surface area contributed by atoms with Crippen LogP contribution in [0.25, 0.3) is 0 Å². The molecular weight excluding hydrogens is 327 g/mol. The van der Waals surface area contributed by atoms with Crippen LogP contribution in [0.2, 0.25) is 0 Å². The van der Waals surface area contributed by atoms with E-state index in [-0.39, 0.29) is 4.90 Å². The van der Waals surface area contributed by atoms with Crippen LogP contribution in [-0.2, 0) is 16.2 Å². The number of benzene rings is 2. The van der Waals surface area contributed by atoms with E-state index in [1.165, 1.54) is 0 Å². The molecule has 23 heavy (non-hydrogen) atoms. The minimum Gasteiger partial charge on any atom is -0.279 e. The molecule has 0 aliphatic carbocycles. The van der Waals surface area contributed by atoms with Crippen molar-refractivity contribution in [3.63, 3.8) is 0 Å². The fourth-order valence-corrected chi connectivity index (χ4v) is 3.56. The van der Waals surface area contributed by atoms with E-state index >= 15 is 0 Å². The van der Waals surface area contributed by atoms with Gasteiger partial charge in [0, 0.05) is 0 Å². The molecule has 124 valence electrons. The molecule has 0 aliphatic heterocycles. The molecular formula is C16H16F3NO2S. The Bertz CT molecular complexity index is 802. The number of halogens is 3. The van der Waals surface area contributed by atoms with Gasteiger partial charge in [-0.25, -0.2) is 8.42 Å². The molecule has 0 aliphatic rings.